The molecule has 0 saturated heterocycles. The van der Waals surface area contributed by atoms with E-state index in [-0.39, 0.29) is 0 Å². The maximum atomic E-state index is 10.9. The molecule has 0 bridgehead atoms. The fourth-order valence-corrected chi connectivity index (χ4v) is 1.83. The minimum absolute atomic E-state index is 0.524. The van der Waals surface area contributed by atoms with E-state index in [4.69, 9.17) is 11.6 Å². The molecule has 2 aromatic rings. The number of aldehydes is 1. The van der Waals surface area contributed by atoms with Crippen LogP contribution in [0.4, 0.5) is 0 Å². The van der Waals surface area contributed by atoms with Crippen molar-refractivity contribution in [3.05, 3.63) is 47.6 Å². The zero-order valence-electron chi connectivity index (χ0n) is 8.11. The second-order valence-electron chi connectivity index (χ2n) is 3.36. The molecule has 76 valence electrons. The summed E-state index contributed by atoms with van der Waals surface area (Å²) in [7, 11) is 0. The van der Waals surface area contributed by atoms with Gasteiger partial charge in [0.1, 0.15) is 0 Å². The highest BCUT2D eigenvalue weighted by Crippen LogP contribution is 2.20. The quantitative estimate of drug-likeness (QED) is 0.727. The number of para-hydroxylation sites is 1. The lowest BCUT2D eigenvalue weighted by Crippen LogP contribution is -1.97. The molecule has 0 unspecified atom stereocenters. The van der Waals surface area contributed by atoms with Crippen molar-refractivity contribution in [1.29, 1.82) is 0 Å². The molecule has 0 aliphatic heterocycles. The number of nitrogens with zero attached hydrogens (tertiary/aromatic N) is 1. The van der Waals surface area contributed by atoms with E-state index in [0.29, 0.717) is 17.1 Å². The Morgan fingerprint density at radius 2 is 2.27 bits per heavy atom. The zero-order chi connectivity index (χ0) is 10.8. The summed E-state index contributed by atoms with van der Waals surface area (Å²) in [5.41, 5.74) is 1.59. The van der Waals surface area contributed by atoms with Gasteiger partial charge in [-0.2, -0.15) is 0 Å². The van der Waals surface area contributed by atoms with Gasteiger partial charge in [0, 0.05) is 22.2 Å². The first kappa shape index (κ1) is 9.99. The van der Waals surface area contributed by atoms with E-state index in [1.807, 2.05) is 29.0 Å². The van der Waals surface area contributed by atoms with Crippen LogP contribution in [0.1, 0.15) is 10.4 Å². The van der Waals surface area contributed by atoms with Crippen molar-refractivity contribution in [3.8, 4) is 0 Å². The monoisotopic (exact) mass is 219 g/mol. The molecule has 0 N–H and O–H groups in total. The fourth-order valence-electron chi connectivity index (χ4n) is 1.70. The van der Waals surface area contributed by atoms with Crippen LogP contribution in [-0.4, -0.2) is 10.9 Å². The molecule has 0 spiro atoms. The smallest absolute Gasteiger partial charge is 0.152 e. The normalized spacial score (nSPS) is 10.5. The molecule has 1 aromatic heterocycles. The van der Waals surface area contributed by atoms with E-state index in [1.54, 1.807) is 6.07 Å². The molecule has 0 radical (unpaired) electrons. The predicted molar refractivity (Wildman–Crippen MR) is 62.3 cm³/mol. The van der Waals surface area contributed by atoms with Gasteiger partial charge in [0.25, 0.3) is 0 Å². The Bertz CT molecular complexity index is 527. The number of allylic oxidation sites excluding steroid dienone is 1. The molecule has 0 aliphatic carbocycles. The number of hydrogen-bond acceptors (Lipinski definition) is 1. The summed E-state index contributed by atoms with van der Waals surface area (Å²) in [6.07, 6.45) is 2.76. The number of halogens is 1. The average Bonchev–Trinajstić information content (AvgIpc) is 2.61. The Labute approximate surface area is 92.8 Å². The summed E-state index contributed by atoms with van der Waals surface area (Å²) in [6, 6.07) is 7.59. The lowest BCUT2D eigenvalue weighted by atomic mass is 10.1. The summed E-state index contributed by atoms with van der Waals surface area (Å²) in [4.78, 5) is 10.9. The van der Waals surface area contributed by atoms with Gasteiger partial charge >= 0.3 is 0 Å². The number of benzene rings is 1. The van der Waals surface area contributed by atoms with Crippen LogP contribution in [-0.2, 0) is 6.54 Å². The van der Waals surface area contributed by atoms with Crippen molar-refractivity contribution in [2.24, 2.45) is 0 Å². The van der Waals surface area contributed by atoms with E-state index in [0.717, 1.165) is 17.2 Å². The van der Waals surface area contributed by atoms with E-state index in [1.165, 1.54) is 0 Å². The van der Waals surface area contributed by atoms with E-state index < -0.39 is 0 Å². The van der Waals surface area contributed by atoms with Gasteiger partial charge in [0.15, 0.2) is 6.29 Å². The molecule has 0 aliphatic rings. The Morgan fingerprint density at radius 3 is 2.93 bits per heavy atom. The van der Waals surface area contributed by atoms with Crippen LogP contribution in [0.25, 0.3) is 10.9 Å². The maximum absolute atomic E-state index is 10.9. The molecule has 2 nitrogen and oxygen atoms in total. The summed E-state index contributed by atoms with van der Waals surface area (Å²) in [6.45, 7) is 4.17. The van der Waals surface area contributed by atoms with Crippen LogP contribution >= 0.6 is 11.6 Å². The molecule has 15 heavy (non-hydrogen) atoms. The van der Waals surface area contributed by atoms with Gasteiger partial charge in [-0.3, -0.25) is 4.79 Å². The molecule has 0 fully saturated rings. The fraction of sp³-hybridized carbons (Fsp3) is 0.0833. The highest BCUT2D eigenvalue weighted by molar-refractivity contribution is 6.29. The number of hydrogen-bond donors (Lipinski definition) is 0. The standard InChI is InChI=1S/C12H10ClNO/c1-9(13)7-14-6-5-10-3-2-4-11(8-15)12(10)14/h2-6,8H,1,7H2. The molecule has 1 heterocycles. The Morgan fingerprint density at radius 1 is 1.47 bits per heavy atom. The van der Waals surface area contributed by atoms with Gasteiger partial charge in [-0.25, -0.2) is 0 Å². The summed E-state index contributed by atoms with van der Waals surface area (Å²) >= 11 is 5.76. The molecular formula is C12H10ClNO. The summed E-state index contributed by atoms with van der Waals surface area (Å²) in [5.74, 6) is 0. The second-order valence-corrected chi connectivity index (χ2v) is 3.90. The highest BCUT2D eigenvalue weighted by Gasteiger charge is 2.05. The lowest BCUT2D eigenvalue weighted by Gasteiger charge is -2.05. The predicted octanol–water partition coefficient (Wildman–Crippen LogP) is 3.21. The topological polar surface area (TPSA) is 22.0 Å². The molecule has 0 atom stereocenters. The molecule has 3 heteroatoms. The van der Waals surface area contributed by atoms with E-state index in [9.17, 15) is 4.79 Å². The van der Waals surface area contributed by atoms with E-state index >= 15 is 0 Å². The minimum atomic E-state index is 0.524. The first-order chi connectivity index (χ1) is 7.22. The van der Waals surface area contributed by atoms with Crippen LogP contribution < -0.4 is 0 Å². The van der Waals surface area contributed by atoms with Gasteiger partial charge in [-0.1, -0.05) is 30.3 Å². The first-order valence-corrected chi connectivity index (χ1v) is 4.96. The van der Waals surface area contributed by atoms with E-state index in [2.05, 4.69) is 6.58 Å². The van der Waals surface area contributed by atoms with Crippen molar-refractivity contribution in [1.82, 2.24) is 4.57 Å². The van der Waals surface area contributed by atoms with Gasteiger partial charge in [0.2, 0.25) is 0 Å². The number of carbonyl (C=O) groups is 1. The van der Waals surface area contributed by atoms with Gasteiger partial charge in [0.05, 0.1) is 12.1 Å². The van der Waals surface area contributed by atoms with Gasteiger partial charge in [-0.15, -0.1) is 0 Å². The first-order valence-electron chi connectivity index (χ1n) is 4.58. The SMILES string of the molecule is C=C(Cl)Cn1ccc2cccc(C=O)c21. The van der Waals surface area contributed by atoms with Crippen molar-refractivity contribution in [2.45, 2.75) is 6.54 Å². The third-order valence-electron chi connectivity index (χ3n) is 2.29. The lowest BCUT2D eigenvalue weighted by molar-refractivity contribution is 0.112. The number of carbonyl (C=O) groups excluding carboxylic acids is 1. The molecule has 0 saturated carbocycles. The van der Waals surface area contributed by atoms with Gasteiger partial charge < -0.3 is 4.57 Å². The molecule has 0 amide bonds. The minimum Gasteiger partial charge on any atom is -0.342 e. The molecule has 1 aromatic carbocycles. The van der Waals surface area contributed by atoms with Crippen LogP contribution in [0.15, 0.2) is 42.1 Å². The Balaban J connectivity index is 2.65. The molecular weight excluding hydrogens is 210 g/mol. The third-order valence-corrected chi connectivity index (χ3v) is 2.41. The van der Waals surface area contributed by atoms with Crippen molar-refractivity contribution >= 4 is 28.8 Å². The second kappa shape index (κ2) is 3.91. The van der Waals surface area contributed by atoms with Crippen LogP contribution in [0.5, 0.6) is 0 Å². The van der Waals surface area contributed by atoms with Crippen LogP contribution in [0.2, 0.25) is 0 Å². The zero-order valence-corrected chi connectivity index (χ0v) is 8.87. The number of fused-ring (bicyclic) bond motifs is 1. The van der Waals surface area contributed by atoms with Crippen molar-refractivity contribution in [3.63, 3.8) is 0 Å². The number of aromatic nitrogens is 1. The highest BCUT2D eigenvalue weighted by atomic mass is 35.5. The van der Waals surface area contributed by atoms with Crippen molar-refractivity contribution < 1.29 is 4.79 Å². The Kier molecular flexibility index (Phi) is 2.60. The maximum Gasteiger partial charge on any atom is 0.152 e. The average molecular weight is 220 g/mol. The summed E-state index contributed by atoms with van der Waals surface area (Å²) < 4.78 is 1.92. The number of rotatable bonds is 3. The summed E-state index contributed by atoms with van der Waals surface area (Å²) in [5, 5.41) is 1.59. The van der Waals surface area contributed by atoms with Gasteiger partial charge in [-0.05, 0) is 12.1 Å². The van der Waals surface area contributed by atoms with Crippen LogP contribution in [0.3, 0.4) is 0 Å². The third kappa shape index (κ3) is 1.81. The van der Waals surface area contributed by atoms with Crippen LogP contribution in [0, 0.1) is 0 Å². The van der Waals surface area contributed by atoms with Crippen molar-refractivity contribution in [2.75, 3.05) is 0 Å². The Hall–Kier alpha value is -1.54. The largest absolute Gasteiger partial charge is 0.342 e. The molecule has 2 rings (SSSR count).